The molecule has 2 aromatic heterocycles. The van der Waals surface area contributed by atoms with Gasteiger partial charge in [0.05, 0.1) is 10.8 Å². The SMILES string of the molecule is Cc1ccc(-n2c(Cc3cccs3)nnc2SCC(=O)Nc2ccc(F)c(Cl)c2)cc1. The molecule has 0 saturated carbocycles. The van der Waals surface area contributed by atoms with Crippen LogP contribution in [0, 0.1) is 12.7 Å². The molecule has 158 valence electrons. The van der Waals surface area contributed by atoms with Crippen LogP contribution in [-0.2, 0) is 11.2 Å². The van der Waals surface area contributed by atoms with E-state index in [1.165, 1.54) is 34.8 Å². The average molecular weight is 473 g/mol. The van der Waals surface area contributed by atoms with E-state index in [0.29, 0.717) is 17.3 Å². The van der Waals surface area contributed by atoms with E-state index in [-0.39, 0.29) is 16.7 Å². The quantitative estimate of drug-likeness (QED) is 0.348. The van der Waals surface area contributed by atoms with Gasteiger partial charge in [0, 0.05) is 22.7 Å². The van der Waals surface area contributed by atoms with E-state index in [1.807, 2.05) is 47.2 Å². The normalized spacial score (nSPS) is 10.9. The molecular formula is C22H18ClFN4OS2. The molecule has 4 aromatic rings. The van der Waals surface area contributed by atoms with Gasteiger partial charge in [0.25, 0.3) is 0 Å². The van der Waals surface area contributed by atoms with E-state index in [9.17, 15) is 9.18 Å². The molecule has 1 N–H and O–H groups in total. The highest BCUT2D eigenvalue weighted by Crippen LogP contribution is 2.25. The summed E-state index contributed by atoms with van der Waals surface area (Å²) < 4.78 is 15.3. The van der Waals surface area contributed by atoms with Crippen molar-refractivity contribution in [2.24, 2.45) is 0 Å². The van der Waals surface area contributed by atoms with E-state index in [1.54, 1.807) is 11.3 Å². The third kappa shape index (κ3) is 5.33. The summed E-state index contributed by atoms with van der Waals surface area (Å²) >= 11 is 8.73. The predicted molar refractivity (Wildman–Crippen MR) is 124 cm³/mol. The molecule has 0 spiro atoms. The number of amides is 1. The van der Waals surface area contributed by atoms with Crippen molar-refractivity contribution in [3.05, 3.63) is 87.1 Å². The molecule has 1 amide bonds. The average Bonchev–Trinajstić information content (AvgIpc) is 3.40. The highest BCUT2D eigenvalue weighted by atomic mass is 35.5. The fourth-order valence-electron chi connectivity index (χ4n) is 2.93. The van der Waals surface area contributed by atoms with Crippen molar-refractivity contribution in [1.82, 2.24) is 14.8 Å². The zero-order valence-electron chi connectivity index (χ0n) is 16.5. The number of thioether (sulfide) groups is 1. The number of halogens is 2. The first-order chi connectivity index (χ1) is 15.0. The van der Waals surface area contributed by atoms with E-state index in [2.05, 4.69) is 21.6 Å². The van der Waals surface area contributed by atoms with Crippen molar-refractivity contribution in [3.63, 3.8) is 0 Å². The van der Waals surface area contributed by atoms with Crippen LogP contribution in [0.15, 0.2) is 65.1 Å². The molecule has 4 rings (SSSR count). The second-order valence-electron chi connectivity index (χ2n) is 6.79. The van der Waals surface area contributed by atoms with E-state index in [0.717, 1.165) is 17.1 Å². The fraction of sp³-hybridized carbons (Fsp3) is 0.136. The van der Waals surface area contributed by atoms with E-state index in [4.69, 9.17) is 11.6 Å². The number of aromatic nitrogens is 3. The minimum atomic E-state index is -0.529. The zero-order chi connectivity index (χ0) is 21.8. The molecule has 31 heavy (non-hydrogen) atoms. The standard InChI is InChI=1S/C22H18ClFN4OS2/c1-14-4-7-16(8-5-14)28-20(12-17-3-2-10-30-17)26-27-22(28)31-13-21(29)25-15-6-9-19(24)18(23)11-15/h2-11H,12-13H2,1H3,(H,25,29). The van der Waals surface area contributed by atoms with Gasteiger partial charge in [-0.3, -0.25) is 9.36 Å². The van der Waals surface area contributed by atoms with Crippen molar-refractivity contribution in [3.8, 4) is 5.69 Å². The number of aryl methyl sites for hydroxylation is 1. The summed E-state index contributed by atoms with van der Waals surface area (Å²) in [5.74, 6) is 0.154. The van der Waals surface area contributed by atoms with Crippen molar-refractivity contribution >= 4 is 46.3 Å². The maximum absolute atomic E-state index is 13.3. The van der Waals surface area contributed by atoms with Crippen LogP contribution in [0.5, 0.6) is 0 Å². The lowest BCUT2D eigenvalue weighted by atomic mass is 10.2. The number of benzene rings is 2. The molecular weight excluding hydrogens is 455 g/mol. The van der Waals surface area contributed by atoms with Gasteiger partial charge in [-0.15, -0.1) is 21.5 Å². The fourth-order valence-corrected chi connectivity index (χ4v) is 4.58. The number of rotatable bonds is 7. The molecule has 0 aliphatic heterocycles. The summed E-state index contributed by atoms with van der Waals surface area (Å²) in [6.07, 6.45) is 0.652. The Morgan fingerprint density at radius 1 is 1.19 bits per heavy atom. The third-order valence-corrected chi connectivity index (χ3v) is 6.54. The van der Waals surface area contributed by atoms with Crippen LogP contribution >= 0.6 is 34.7 Å². The van der Waals surface area contributed by atoms with Crippen molar-refractivity contribution in [2.75, 3.05) is 11.1 Å². The monoisotopic (exact) mass is 472 g/mol. The molecule has 2 aromatic carbocycles. The summed E-state index contributed by atoms with van der Waals surface area (Å²) in [5.41, 5.74) is 2.54. The Morgan fingerprint density at radius 3 is 2.71 bits per heavy atom. The van der Waals surface area contributed by atoms with Gasteiger partial charge in [0.2, 0.25) is 5.91 Å². The summed E-state index contributed by atoms with van der Waals surface area (Å²) in [6.45, 7) is 2.03. The Balaban J connectivity index is 1.53. The minimum Gasteiger partial charge on any atom is -0.325 e. The number of carbonyl (C=O) groups excluding carboxylic acids is 1. The molecule has 9 heteroatoms. The van der Waals surface area contributed by atoms with Gasteiger partial charge in [-0.05, 0) is 48.7 Å². The van der Waals surface area contributed by atoms with Gasteiger partial charge in [0.1, 0.15) is 11.6 Å². The number of thiophene rings is 1. The van der Waals surface area contributed by atoms with Crippen LogP contribution in [0.1, 0.15) is 16.3 Å². The van der Waals surface area contributed by atoms with Crippen LogP contribution in [0.3, 0.4) is 0 Å². The lowest BCUT2D eigenvalue weighted by Gasteiger charge is -2.10. The van der Waals surface area contributed by atoms with Gasteiger partial charge in [0.15, 0.2) is 5.16 Å². The summed E-state index contributed by atoms with van der Waals surface area (Å²) in [5, 5.41) is 14.1. The van der Waals surface area contributed by atoms with E-state index >= 15 is 0 Å². The van der Waals surface area contributed by atoms with Gasteiger partial charge in [-0.2, -0.15) is 0 Å². The number of nitrogens with one attached hydrogen (secondary N) is 1. The molecule has 0 atom stereocenters. The second-order valence-corrected chi connectivity index (χ2v) is 9.17. The van der Waals surface area contributed by atoms with Gasteiger partial charge >= 0.3 is 0 Å². The van der Waals surface area contributed by atoms with E-state index < -0.39 is 5.82 Å². The van der Waals surface area contributed by atoms with Gasteiger partial charge in [-0.25, -0.2) is 4.39 Å². The number of nitrogens with zero attached hydrogens (tertiary/aromatic N) is 3. The summed E-state index contributed by atoms with van der Waals surface area (Å²) in [7, 11) is 0. The number of carbonyl (C=O) groups is 1. The smallest absolute Gasteiger partial charge is 0.234 e. The van der Waals surface area contributed by atoms with Crippen molar-refractivity contribution in [2.45, 2.75) is 18.5 Å². The Kier molecular flexibility index (Phi) is 6.70. The van der Waals surface area contributed by atoms with Gasteiger partial charge < -0.3 is 5.32 Å². The Labute approximate surface area is 192 Å². The van der Waals surface area contributed by atoms with Crippen LogP contribution in [0.25, 0.3) is 5.69 Å². The highest BCUT2D eigenvalue weighted by molar-refractivity contribution is 7.99. The number of hydrogen-bond acceptors (Lipinski definition) is 5. The molecule has 2 heterocycles. The van der Waals surface area contributed by atoms with Crippen LogP contribution in [0.2, 0.25) is 5.02 Å². The first kappa shape index (κ1) is 21.5. The minimum absolute atomic E-state index is 0.0391. The molecule has 0 radical (unpaired) electrons. The lowest BCUT2D eigenvalue weighted by molar-refractivity contribution is -0.113. The largest absolute Gasteiger partial charge is 0.325 e. The first-order valence-corrected chi connectivity index (χ1v) is 11.7. The Bertz CT molecular complexity index is 1190. The van der Waals surface area contributed by atoms with Crippen molar-refractivity contribution in [1.29, 1.82) is 0 Å². The Hall–Kier alpha value is -2.68. The topological polar surface area (TPSA) is 59.8 Å². The molecule has 0 aliphatic rings. The predicted octanol–water partition coefficient (Wildman–Crippen LogP) is 5.75. The van der Waals surface area contributed by atoms with Crippen LogP contribution < -0.4 is 5.32 Å². The lowest BCUT2D eigenvalue weighted by Crippen LogP contribution is -2.14. The summed E-state index contributed by atoms with van der Waals surface area (Å²) in [4.78, 5) is 13.6. The number of anilines is 1. The maximum atomic E-state index is 13.3. The Morgan fingerprint density at radius 2 is 2.00 bits per heavy atom. The number of hydrogen-bond donors (Lipinski definition) is 1. The zero-order valence-corrected chi connectivity index (χ0v) is 18.9. The molecule has 5 nitrogen and oxygen atoms in total. The summed E-state index contributed by atoms with van der Waals surface area (Å²) in [6, 6.07) is 16.2. The highest BCUT2D eigenvalue weighted by Gasteiger charge is 2.17. The molecule has 0 bridgehead atoms. The molecule has 0 aliphatic carbocycles. The van der Waals surface area contributed by atoms with Crippen LogP contribution in [0.4, 0.5) is 10.1 Å². The van der Waals surface area contributed by atoms with Gasteiger partial charge in [-0.1, -0.05) is 47.1 Å². The second kappa shape index (κ2) is 9.64. The van der Waals surface area contributed by atoms with Crippen molar-refractivity contribution < 1.29 is 9.18 Å². The van der Waals surface area contributed by atoms with Crippen LogP contribution in [-0.4, -0.2) is 26.4 Å². The first-order valence-electron chi connectivity index (χ1n) is 9.41. The molecule has 0 unspecified atom stereocenters. The maximum Gasteiger partial charge on any atom is 0.234 e. The molecule has 0 fully saturated rings. The third-order valence-electron chi connectivity index (χ3n) is 4.44. The molecule has 0 saturated heterocycles.